The van der Waals surface area contributed by atoms with Crippen molar-refractivity contribution < 1.29 is 28.8 Å². The molecule has 0 bridgehead atoms. The molecule has 0 amide bonds. The molecule has 1 saturated heterocycles. The minimum absolute atomic E-state index is 0.0700. The first-order valence-electron chi connectivity index (χ1n) is 5.91. The lowest BCUT2D eigenvalue weighted by molar-refractivity contribution is -0.171. The highest BCUT2D eigenvalue weighted by Crippen LogP contribution is 2.29. The molecular weight excluding hydrogens is 240 g/mol. The van der Waals surface area contributed by atoms with Crippen LogP contribution in [-0.4, -0.2) is 31.4 Å². The summed E-state index contributed by atoms with van der Waals surface area (Å²) in [4.78, 5) is 20.2. The molecular formula is C12H22O6. The van der Waals surface area contributed by atoms with Gasteiger partial charge < -0.3 is 9.47 Å². The smallest absolute Gasteiger partial charge is 0.332 e. The van der Waals surface area contributed by atoms with Crippen LogP contribution < -0.4 is 0 Å². The average molecular weight is 262 g/mol. The third-order valence-corrected chi connectivity index (χ3v) is 2.03. The van der Waals surface area contributed by atoms with Gasteiger partial charge in [0.1, 0.15) is 12.2 Å². The lowest BCUT2D eigenvalue weighted by atomic mass is 9.84. The van der Waals surface area contributed by atoms with Crippen molar-refractivity contribution in [2.24, 2.45) is 5.41 Å². The van der Waals surface area contributed by atoms with E-state index in [0.29, 0.717) is 0 Å². The van der Waals surface area contributed by atoms with Crippen LogP contribution in [0.15, 0.2) is 0 Å². The first-order chi connectivity index (χ1) is 8.18. The van der Waals surface area contributed by atoms with Gasteiger partial charge in [0.25, 0.3) is 0 Å². The van der Waals surface area contributed by atoms with Gasteiger partial charge in [-0.15, -0.1) is 0 Å². The number of carbonyl (C=O) groups excluding carboxylic acids is 1. The van der Waals surface area contributed by atoms with E-state index in [1.165, 1.54) is 0 Å². The maximum atomic E-state index is 11.5. The molecule has 1 rings (SSSR count). The fraction of sp³-hybridized carbons (Fsp3) is 0.917. The van der Waals surface area contributed by atoms with Crippen molar-refractivity contribution in [1.29, 1.82) is 0 Å². The number of rotatable bonds is 7. The largest absolute Gasteiger partial charge is 0.458 e. The molecule has 0 aromatic rings. The Labute approximate surface area is 107 Å². The Morgan fingerprint density at radius 2 is 1.78 bits per heavy atom. The predicted octanol–water partition coefficient (Wildman–Crippen LogP) is 1.98. The van der Waals surface area contributed by atoms with Gasteiger partial charge in [-0.2, -0.15) is 9.78 Å². The van der Waals surface area contributed by atoms with Crippen LogP contribution in [-0.2, 0) is 28.8 Å². The first kappa shape index (κ1) is 15.4. The van der Waals surface area contributed by atoms with Crippen LogP contribution in [0.3, 0.4) is 0 Å². The molecule has 18 heavy (non-hydrogen) atoms. The molecule has 6 nitrogen and oxygen atoms in total. The fourth-order valence-corrected chi connectivity index (χ4v) is 1.96. The van der Waals surface area contributed by atoms with E-state index in [4.69, 9.17) is 14.2 Å². The lowest BCUT2D eigenvalue weighted by Gasteiger charge is -2.32. The van der Waals surface area contributed by atoms with E-state index in [1.807, 2.05) is 13.8 Å². The molecule has 1 aliphatic heterocycles. The zero-order valence-corrected chi connectivity index (χ0v) is 11.6. The molecule has 1 heterocycles. The molecule has 1 aliphatic rings. The Morgan fingerprint density at radius 3 is 2.28 bits per heavy atom. The van der Waals surface area contributed by atoms with E-state index in [1.54, 1.807) is 0 Å². The molecule has 1 fully saturated rings. The molecule has 0 saturated carbocycles. The highest BCUT2D eigenvalue weighted by Gasteiger charge is 2.29. The van der Waals surface area contributed by atoms with Crippen LogP contribution in [0.1, 0.15) is 41.0 Å². The summed E-state index contributed by atoms with van der Waals surface area (Å²) in [6.45, 7) is 9.20. The van der Waals surface area contributed by atoms with Crippen molar-refractivity contribution in [2.75, 3.05) is 13.4 Å². The van der Waals surface area contributed by atoms with Crippen molar-refractivity contribution in [1.82, 2.24) is 0 Å². The number of hydrogen-bond acceptors (Lipinski definition) is 6. The maximum Gasteiger partial charge on any atom is 0.332 e. The third kappa shape index (κ3) is 7.60. The van der Waals surface area contributed by atoms with Crippen molar-refractivity contribution in [3.05, 3.63) is 0 Å². The average Bonchev–Trinajstić information content (AvgIpc) is 2.90. The summed E-state index contributed by atoms with van der Waals surface area (Å²) >= 11 is 0. The third-order valence-electron chi connectivity index (χ3n) is 2.03. The Balaban J connectivity index is 2.16. The van der Waals surface area contributed by atoms with Gasteiger partial charge in [-0.05, 0) is 25.7 Å². The Morgan fingerprint density at radius 1 is 1.17 bits per heavy atom. The summed E-state index contributed by atoms with van der Waals surface area (Å²) in [6, 6.07) is 0. The fourth-order valence-electron chi connectivity index (χ4n) is 1.96. The molecule has 0 radical (unpaired) electrons. The molecule has 0 atom stereocenters. The first-order valence-corrected chi connectivity index (χ1v) is 5.91. The molecule has 0 aliphatic carbocycles. The summed E-state index contributed by atoms with van der Waals surface area (Å²) in [6.07, 6.45) is 0.770. The molecule has 6 heteroatoms. The normalized spacial score (nSPS) is 16.7. The maximum absolute atomic E-state index is 11.5. The molecule has 0 spiro atoms. The van der Waals surface area contributed by atoms with E-state index in [9.17, 15) is 4.79 Å². The van der Waals surface area contributed by atoms with Crippen molar-refractivity contribution in [3.63, 3.8) is 0 Å². The molecule has 0 aromatic heterocycles. The monoisotopic (exact) mass is 262 g/mol. The summed E-state index contributed by atoms with van der Waals surface area (Å²) in [5, 5.41) is 0. The second-order valence-electron chi connectivity index (χ2n) is 6.09. The highest BCUT2D eigenvalue weighted by atomic mass is 17.4. The Bertz CT molecular complexity index is 277. The van der Waals surface area contributed by atoms with E-state index in [-0.39, 0.29) is 18.8 Å². The summed E-state index contributed by atoms with van der Waals surface area (Å²) in [7, 11) is 0. The van der Waals surface area contributed by atoms with Crippen molar-refractivity contribution in [3.8, 4) is 0 Å². The van der Waals surface area contributed by atoms with Gasteiger partial charge in [-0.3, -0.25) is 4.74 Å². The van der Waals surface area contributed by atoms with Crippen LogP contribution in [0, 0.1) is 5.41 Å². The number of esters is 1. The Kier molecular flexibility index (Phi) is 5.10. The zero-order valence-electron chi connectivity index (χ0n) is 11.6. The minimum Gasteiger partial charge on any atom is -0.458 e. The SMILES string of the molecule is CC(C)(C)CC(C)(C)OC(=O)COCOC1OO1. The van der Waals surface area contributed by atoms with Crippen LogP contribution >= 0.6 is 0 Å². The number of carbonyl (C=O) groups is 1. The van der Waals surface area contributed by atoms with Crippen LogP contribution in [0.2, 0.25) is 0 Å². The van der Waals surface area contributed by atoms with Crippen LogP contribution in [0.5, 0.6) is 0 Å². The van der Waals surface area contributed by atoms with Gasteiger partial charge in [0, 0.05) is 0 Å². The van der Waals surface area contributed by atoms with Crippen molar-refractivity contribution >= 4 is 5.97 Å². The van der Waals surface area contributed by atoms with E-state index in [0.717, 1.165) is 6.42 Å². The van der Waals surface area contributed by atoms with Gasteiger partial charge in [-0.25, -0.2) is 4.79 Å². The predicted molar refractivity (Wildman–Crippen MR) is 62.1 cm³/mol. The Hall–Kier alpha value is -0.690. The van der Waals surface area contributed by atoms with Crippen molar-refractivity contribution in [2.45, 2.75) is 53.1 Å². The van der Waals surface area contributed by atoms with Gasteiger partial charge >= 0.3 is 12.4 Å². The van der Waals surface area contributed by atoms with E-state index < -0.39 is 18.0 Å². The zero-order chi connectivity index (χ0) is 13.8. The second kappa shape index (κ2) is 5.97. The molecule has 0 N–H and O–H groups in total. The molecule has 106 valence electrons. The number of hydrogen-bond donors (Lipinski definition) is 0. The second-order valence-corrected chi connectivity index (χ2v) is 6.09. The van der Waals surface area contributed by atoms with Gasteiger partial charge in [0.05, 0.1) is 0 Å². The summed E-state index contributed by atoms with van der Waals surface area (Å²) in [5.41, 5.74) is -0.420. The standard InChI is InChI=1S/C12H22O6/c1-11(2,3)7-12(4,5)16-9(13)6-14-8-15-10-17-18-10/h10H,6-8H2,1-5H3. The van der Waals surface area contributed by atoms with E-state index in [2.05, 4.69) is 30.5 Å². The van der Waals surface area contributed by atoms with E-state index >= 15 is 0 Å². The quantitative estimate of drug-likeness (QED) is 0.230. The molecule has 0 unspecified atom stereocenters. The lowest BCUT2D eigenvalue weighted by Crippen LogP contribution is -2.34. The topological polar surface area (TPSA) is 69.8 Å². The highest BCUT2D eigenvalue weighted by molar-refractivity contribution is 5.71. The van der Waals surface area contributed by atoms with Crippen LogP contribution in [0.25, 0.3) is 0 Å². The summed E-state index contributed by atoms with van der Waals surface area (Å²) < 4.78 is 15.2. The molecule has 0 aromatic carbocycles. The number of ether oxygens (including phenoxy) is 3. The van der Waals surface area contributed by atoms with Gasteiger partial charge in [-0.1, -0.05) is 20.8 Å². The van der Waals surface area contributed by atoms with Crippen LogP contribution in [0.4, 0.5) is 0 Å². The summed E-state index contributed by atoms with van der Waals surface area (Å²) in [5.74, 6) is -0.412. The van der Waals surface area contributed by atoms with Gasteiger partial charge in [0.2, 0.25) is 0 Å². The minimum atomic E-state index is -0.654. The van der Waals surface area contributed by atoms with Gasteiger partial charge in [0.15, 0.2) is 6.79 Å².